The lowest BCUT2D eigenvalue weighted by atomic mass is 9.92. The number of hydrogen-bond donors (Lipinski definition) is 1. The fourth-order valence-corrected chi connectivity index (χ4v) is 2.58. The molecule has 0 aliphatic rings. The van der Waals surface area contributed by atoms with Gasteiger partial charge in [0, 0.05) is 31.3 Å². The molecular weight excluding hydrogens is 294 g/mol. The Labute approximate surface area is 135 Å². The van der Waals surface area contributed by atoms with Gasteiger partial charge < -0.3 is 10.3 Å². The highest BCUT2D eigenvalue weighted by atomic mass is 16.6. The summed E-state index contributed by atoms with van der Waals surface area (Å²) in [5.74, 6) is 0.0762. The molecule has 0 amide bonds. The Hall–Kier alpha value is -2.47. The molecular formula is C17H21N3O3. The van der Waals surface area contributed by atoms with E-state index < -0.39 is 10.5 Å². The summed E-state index contributed by atoms with van der Waals surface area (Å²) in [5, 5.41) is 10.9. The van der Waals surface area contributed by atoms with E-state index in [1.807, 2.05) is 23.8 Å². The van der Waals surface area contributed by atoms with Gasteiger partial charge in [0.15, 0.2) is 5.78 Å². The molecule has 2 N–H and O–H groups in total. The van der Waals surface area contributed by atoms with Crippen molar-refractivity contribution in [2.45, 2.75) is 38.8 Å². The molecule has 1 heterocycles. The molecule has 6 nitrogen and oxygen atoms in total. The van der Waals surface area contributed by atoms with Crippen LogP contribution in [0.3, 0.4) is 0 Å². The minimum atomic E-state index is -0.827. The minimum absolute atomic E-state index is 0.00830. The van der Waals surface area contributed by atoms with E-state index in [-0.39, 0.29) is 11.5 Å². The standard InChI is InChI=1S/C17H21N3O3/c1-3-6-16(21)15-9-5-10-19(15)12-17(2,18)13-7-4-8-14(11-13)20(22)23/h4-5,7-11H,3,6,12,18H2,1-2H3. The second kappa shape index (κ2) is 6.75. The number of nitrogens with two attached hydrogens (primary N) is 1. The van der Waals surface area contributed by atoms with E-state index in [1.165, 1.54) is 12.1 Å². The summed E-state index contributed by atoms with van der Waals surface area (Å²) in [4.78, 5) is 22.6. The van der Waals surface area contributed by atoms with Gasteiger partial charge in [0.05, 0.1) is 16.2 Å². The maximum absolute atomic E-state index is 12.1. The minimum Gasteiger partial charge on any atom is -0.343 e. The summed E-state index contributed by atoms with van der Waals surface area (Å²) in [6, 6.07) is 9.90. The molecule has 0 saturated carbocycles. The summed E-state index contributed by atoms with van der Waals surface area (Å²) in [6.07, 6.45) is 3.09. The molecule has 1 atom stereocenters. The van der Waals surface area contributed by atoms with Crippen LogP contribution >= 0.6 is 0 Å². The van der Waals surface area contributed by atoms with Crippen LogP contribution in [0, 0.1) is 10.1 Å². The maximum atomic E-state index is 12.1. The van der Waals surface area contributed by atoms with Gasteiger partial charge in [-0.15, -0.1) is 0 Å². The summed E-state index contributed by atoms with van der Waals surface area (Å²) < 4.78 is 1.82. The van der Waals surface area contributed by atoms with Crippen molar-refractivity contribution in [2.24, 2.45) is 5.73 Å². The van der Waals surface area contributed by atoms with Gasteiger partial charge in [-0.25, -0.2) is 0 Å². The fraction of sp³-hybridized carbons (Fsp3) is 0.353. The lowest BCUT2D eigenvalue weighted by molar-refractivity contribution is -0.385. The number of nitro groups is 1. The highest BCUT2D eigenvalue weighted by Crippen LogP contribution is 2.25. The third-order valence-corrected chi connectivity index (χ3v) is 3.81. The van der Waals surface area contributed by atoms with Crippen LogP contribution in [0.15, 0.2) is 42.6 Å². The quantitative estimate of drug-likeness (QED) is 0.482. The number of hydrogen-bond acceptors (Lipinski definition) is 4. The molecule has 6 heteroatoms. The molecule has 23 heavy (non-hydrogen) atoms. The van der Waals surface area contributed by atoms with Gasteiger partial charge in [-0.1, -0.05) is 19.1 Å². The number of non-ortho nitro benzene ring substituents is 1. The normalized spacial score (nSPS) is 13.5. The number of carbonyl (C=O) groups excluding carboxylic acids is 1. The number of aromatic nitrogens is 1. The molecule has 0 spiro atoms. The second-order valence-electron chi connectivity index (χ2n) is 5.92. The number of benzene rings is 1. The van der Waals surface area contributed by atoms with Crippen molar-refractivity contribution < 1.29 is 9.72 Å². The Morgan fingerprint density at radius 3 is 2.74 bits per heavy atom. The van der Waals surface area contributed by atoms with Gasteiger partial charge in [-0.2, -0.15) is 0 Å². The zero-order valence-corrected chi connectivity index (χ0v) is 13.4. The van der Waals surface area contributed by atoms with Crippen molar-refractivity contribution in [1.82, 2.24) is 4.57 Å². The first kappa shape index (κ1) is 16.9. The smallest absolute Gasteiger partial charge is 0.269 e. The van der Waals surface area contributed by atoms with E-state index in [4.69, 9.17) is 5.73 Å². The zero-order chi connectivity index (χ0) is 17.0. The lowest BCUT2D eigenvalue weighted by Crippen LogP contribution is -2.38. The van der Waals surface area contributed by atoms with Crippen molar-refractivity contribution in [3.8, 4) is 0 Å². The first-order valence-corrected chi connectivity index (χ1v) is 7.57. The number of nitrogens with zero attached hydrogens (tertiary/aromatic N) is 2. The van der Waals surface area contributed by atoms with Crippen LogP contribution in [-0.2, 0) is 12.1 Å². The van der Waals surface area contributed by atoms with Gasteiger partial charge >= 0.3 is 0 Å². The van der Waals surface area contributed by atoms with Crippen molar-refractivity contribution in [3.05, 3.63) is 64.0 Å². The van der Waals surface area contributed by atoms with Gasteiger partial charge in [-0.05, 0) is 31.0 Å². The first-order valence-electron chi connectivity index (χ1n) is 7.57. The van der Waals surface area contributed by atoms with Gasteiger partial charge in [0.2, 0.25) is 0 Å². The van der Waals surface area contributed by atoms with E-state index in [2.05, 4.69) is 0 Å². The van der Waals surface area contributed by atoms with Crippen LogP contribution in [0.25, 0.3) is 0 Å². The molecule has 0 aliphatic heterocycles. The van der Waals surface area contributed by atoms with E-state index in [0.29, 0.717) is 24.2 Å². The van der Waals surface area contributed by atoms with Crippen LogP contribution in [0.4, 0.5) is 5.69 Å². The molecule has 0 saturated heterocycles. The van der Waals surface area contributed by atoms with Crippen molar-refractivity contribution in [2.75, 3.05) is 0 Å². The van der Waals surface area contributed by atoms with Gasteiger partial charge in [0.25, 0.3) is 5.69 Å². The summed E-state index contributed by atoms with van der Waals surface area (Å²) >= 11 is 0. The molecule has 2 rings (SSSR count). The Balaban J connectivity index is 2.28. The molecule has 0 aliphatic carbocycles. The Morgan fingerprint density at radius 1 is 1.35 bits per heavy atom. The second-order valence-corrected chi connectivity index (χ2v) is 5.92. The molecule has 0 fully saturated rings. The third-order valence-electron chi connectivity index (χ3n) is 3.81. The number of Topliss-reactive ketones (excluding diaryl/α,β-unsaturated/α-hetero) is 1. The Kier molecular flexibility index (Phi) is 4.95. The van der Waals surface area contributed by atoms with E-state index >= 15 is 0 Å². The monoisotopic (exact) mass is 315 g/mol. The zero-order valence-electron chi connectivity index (χ0n) is 13.4. The highest BCUT2D eigenvalue weighted by molar-refractivity contribution is 5.94. The molecule has 122 valence electrons. The molecule has 1 unspecified atom stereocenters. The van der Waals surface area contributed by atoms with Crippen molar-refractivity contribution >= 4 is 11.5 Å². The van der Waals surface area contributed by atoms with E-state index in [0.717, 1.165) is 6.42 Å². The first-order chi connectivity index (χ1) is 10.8. The number of nitro benzene ring substituents is 1. The number of rotatable bonds is 7. The average molecular weight is 315 g/mol. The highest BCUT2D eigenvalue weighted by Gasteiger charge is 2.25. The van der Waals surface area contributed by atoms with Crippen LogP contribution in [0.1, 0.15) is 42.7 Å². The van der Waals surface area contributed by atoms with E-state index in [1.54, 1.807) is 25.1 Å². The van der Waals surface area contributed by atoms with Gasteiger partial charge in [-0.3, -0.25) is 14.9 Å². The van der Waals surface area contributed by atoms with Crippen LogP contribution in [-0.4, -0.2) is 15.3 Å². The predicted octanol–water partition coefficient (Wildman–Crippen LogP) is 3.25. The number of ketones is 1. The fourth-order valence-electron chi connectivity index (χ4n) is 2.58. The molecule has 1 aromatic carbocycles. The van der Waals surface area contributed by atoms with Crippen molar-refractivity contribution in [3.63, 3.8) is 0 Å². The number of carbonyl (C=O) groups is 1. The van der Waals surface area contributed by atoms with Gasteiger partial charge in [0.1, 0.15) is 0 Å². The maximum Gasteiger partial charge on any atom is 0.269 e. The molecule has 1 aromatic heterocycles. The molecule has 2 aromatic rings. The predicted molar refractivity (Wildman–Crippen MR) is 88.3 cm³/mol. The molecule has 0 bridgehead atoms. The largest absolute Gasteiger partial charge is 0.343 e. The Morgan fingerprint density at radius 2 is 2.09 bits per heavy atom. The lowest BCUT2D eigenvalue weighted by Gasteiger charge is -2.26. The summed E-state index contributed by atoms with van der Waals surface area (Å²) in [6.45, 7) is 4.13. The molecule has 0 radical (unpaired) electrons. The van der Waals surface area contributed by atoms with Crippen molar-refractivity contribution in [1.29, 1.82) is 0 Å². The van der Waals surface area contributed by atoms with E-state index in [9.17, 15) is 14.9 Å². The topological polar surface area (TPSA) is 91.2 Å². The van der Waals surface area contributed by atoms with Crippen LogP contribution < -0.4 is 5.73 Å². The SMILES string of the molecule is CCCC(=O)c1cccn1CC(C)(N)c1cccc([N+](=O)[O-])c1. The third kappa shape index (κ3) is 3.84. The Bertz CT molecular complexity index is 719. The average Bonchev–Trinajstić information content (AvgIpc) is 2.95. The van der Waals surface area contributed by atoms with Crippen LogP contribution in [0.2, 0.25) is 0 Å². The summed E-state index contributed by atoms with van der Waals surface area (Å²) in [5.41, 5.74) is 6.85. The summed E-state index contributed by atoms with van der Waals surface area (Å²) in [7, 11) is 0. The van der Waals surface area contributed by atoms with Crippen LogP contribution in [0.5, 0.6) is 0 Å².